The molecule has 0 bridgehead atoms. The van der Waals surface area contributed by atoms with Crippen LogP contribution in [0.1, 0.15) is 11.4 Å². The molecule has 6 nitrogen and oxygen atoms in total. The zero-order chi connectivity index (χ0) is 16.9. The maximum absolute atomic E-state index is 10.9. The van der Waals surface area contributed by atoms with E-state index in [1.807, 2.05) is 30.3 Å². The predicted octanol–water partition coefficient (Wildman–Crippen LogP) is 3.08. The van der Waals surface area contributed by atoms with Gasteiger partial charge in [0.25, 0.3) is 0 Å². The second-order valence-electron chi connectivity index (χ2n) is 4.91. The van der Waals surface area contributed by atoms with E-state index in [0.717, 1.165) is 23.0 Å². The molecule has 24 heavy (non-hydrogen) atoms. The Kier molecular flexibility index (Phi) is 5.12. The zero-order valence-corrected chi connectivity index (χ0v) is 14.0. The number of hydrogen-bond donors (Lipinski definition) is 1. The summed E-state index contributed by atoms with van der Waals surface area (Å²) in [5.41, 5.74) is 1.70. The lowest BCUT2D eigenvalue weighted by Crippen LogP contribution is -2.06. The van der Waals surface area contributed by atoms with Crippen LogP contribution >= 0.6 is 23.4 Å². The van der Waals surface area contributed by atoms with Crippen LogP contribution in [-0.4, -0.2) is 36.6 Å². The smallest absolute Gasteiger partial charge is 0.313 e. The minimum absolute atomic E-state index is 0.102. The number of benzene rings is 1. The summed E-state index contributed by atoms with van der Waals surface area (Å²) in [5.74, 6) is -0.346. The molecule has 0 aliphatic heterocycles. The molecular formula is C16H13ClN4O2S. The lowest BCUT2D eigenvalue weighted by Gasteiger charge is -2.11. The fraction of sp³-hybridized carbons (Fsp3) is 0.125. The fourth-order valence-electron chi connectivity index (χ4n) is 2.19. The van der Waals surface area contributed by atoms with Gasteiger partial charge in [-0.3, -0.25) is 14.3 Å². The molecule has 0 aliphatic rings. The molecule has 0 unspecified atom stereocenters. The van der Waals surface area contributed by atoms with Crippen molar-refractivity contribution in [2.45, 2.75) is 11.6 Å². The maximum Gasteiger partial charge on any atom is 0.313 e. The van der Waals surface area contributed by atoms with Gasteiger partial charge in [0.1, 0.15) is 5.82 Å². The van der Waals surface area contributed by atoms with Crippen molar-refractivity contribution in [3.63, 3.8) is 0 Å². The van der Waals surface area contributed by atoms with Crippen molar-refractivity contribution < 1.29 is 9.90 Å². The number of rotatable bonds is 6. The zero-order valence-electron chi connectivity index (χ0n) is 12.5. The number of pyridine rings is 1. The van der Waals surface area contributed by atoms with Gasteiger partial charge in [-0.15, -0.1) is 10.2 Å². The van der Waals surface area contributed by atoms with Crippen LogP contribution in [0.2, 0.25) is 5.02 Å². The molecule has 3 aromatic rings. The summed E-state index contributed by atoms with van der Waals surface area (Å²) in [4.78, 5) is 15.0. The van der Waals surface area contributed by atoms with Gasteiger partial charge < -0.3 is 5.11 Å². The van der Waals surface area contributed by atoms with E-state index in [4.69, 9.17) is 16.7 Å². The first kappa shape index (κ1) is 16.5. The van der Waals surface area contributed by atoms with Gasteiger partial charge in [0, 0.05) is 18.8 Å². The highest BCUT2D eigenvalue weighted by molar-refractivity contribution is 7.99. The van der Waals surface area contributed by atoms with Crippen molar-refractivity contribution in [2.24, 2.45) is 0 Å². The molecule has 1 aromatic carbocycles. The molecule has 0 saturated carbocycles. The van der Waals surface area contributed by atoms with Crippen LogP contribution in [0.3, 0.4) is 0 Å². The Bertz CT molecular complexity index is 854. The van der Waals surface area contributed by atoms with E-state index in [-0.39, 0.29) is 5.75 Å². The molecule has 0 aliphatic carbocycles. The van der Waals surface area contributed by atoms with Gasteiger partial charge in [0.2, 0.25) is 0 Å². The SMILES string of the molecule is O=C(O)CSc1nnc(Cc2cccnc2)n1-c1ccccc1Cl. The molecule has 2 aromatic heterocycles. The van der Waals surface area contributed by atoms with E-state index < -0.39 is 5.97 Å². The number of thioether (sulfide) groups is 1. The molecule has 0 fully saturated rings. The standard InChI is InChI=1S/C16H13ClN4O2S/c17-12-5-1-2-6-13(12)21-14(8-11-4-3-7-18-9-11)19-20-16(21)24-10-15(22)23/h1-7,9H,8,10H2,(H,22,23). The molecule has 122 valence electrons. The van der Waals surface area contributed by atoms with Crippen LogP contribution in [0.5, 0.6) is 0 Å². The van der Waals surface area contributed by atoms with Crippen LogP contribution in [-0.2, 0) is 11.2 Å². The van der Waals surface area contributed by atoms with Crippen molar-refractivity contribution in [1.29, 1.82) is 0 Å². The first-order chi connectivity index (χ1) is 11.6. The monoisotopic (exact) mass is 360 g/mol. The highest BCUT2D eigenvalue weighted by Crippen LogP contribution is 2.27. The summed E-state index contributed by atoms with van der Waals surface area (Å²) >= 11 is 7.42. The van der Waals surface area contributed by atoms with Crippen molar-refractivity contribution in [2.75, 3.05) is 5.75 Å². The minimum atomic E-state index is -0.914. The average Bonchev–Trinajstić information content (AvgIpc) is 2.97. The number of aliphatic carboxylic acids is 1. The predicted molar refractivity (Wildman–Crippen MR) is 91.8 cm³/mol. The number of nitrogens with zero attached hydrogens (tertiary/aromatic N) is 4. The number of hydrogen-bond acceptors (Lipinski definition) is 5. The normalized spacial score (nSPS) is 10.7. The Morgan fingerprint density at radius 3 is 2.75 bits per heavy atom. The first-order valence-electron chi connectivity index (χ1n) is 7.08. The fourth-order valence-corrected chi connectivity index (χ4v) is 3.10. The van der Waals surface area contributed by atoms with Gasteiger partial charge in [-0.05, 0) is 23.8 Å². The quantitative estimate of drug-likeness (QED) is 0.680. The lowest BCUT2D eigenvalue weighted by atomic mass is 10.2. The Balaban J connectivity index is 2.02. The Morgan fingerprint density at radius 2 is 2.04 bits per heavy atom. The van der Waals surface area contributed by atoms with E-state index in [9.17, 15) is 4.79 Å². The number of aromatic nitrogens is 4. The van der Waals surface area contributed by atoms with E-state index in [0.29, 0.717) is 22.4 Å². The van der Waals surface area contributed by atoms with Gasteiger partial charge in [-0.25, -0.2) is 0 Å². The molecule has 0 amide bonds. The molecular weight excluding hydrogens is 348 g/mol. The third kappa shape index (κ3) is 3.74. The van der Waals surface area contributed by atoms with Crippen LogP contribution in [0.25, 0.3) is 5.69 Å². The van der Waals surface area contributed by atoms with E-state index >= 15 is 0 Å². The molecule has 2 heterocycles. The van der Waals surface area contributed by atoms with Gasteiger partial charge in [0.05, 0.1) is 16.5 Å². The van der Waals surface area contributed by atoms with Crippen LogP contribution < -0.4 is 0 Å². The van der Waals surface area contributed by atoms with Crippen molar-refractivity contribution in [3.05, 3.63) is 65.2 Å². The highest BCUT2D eigenvalue weighted by atomic mass is 35.5. The van der Waals surface area contributed by atoms with Crippen LogP contribution in [0.15, 0.2) is 53.9 Å². The van der Waals surface area contributed by atoms with Crippen molar-refractivity contribution in [1.82, 2.24) is 19.7 Å². The van der Waals surface area contributed by atoms with E-state index in [1.165, 1.54) is 0 Å². The molecule has 1 N–H and O–H groups in total. The number of carboxylic acids is 1. The van der Waals surface area contributed by atoms with Crippen LogP contribution in [0, 0.1) is 0 Å². The second kappa shape index (κ2) is 7.46. The largest absolute Gasteiger partial charge is 0.481 e. The van der Waals surface area contributed by atoms with Crippen molar-refractivity contribution in [3.8, 4) is 5.69 Å². The van der Waals surface area contributed by atoms with Gasteiger partial charge in [0.15, 0.2) is 5.16 Å². The summed E-state index contributed by atoms with van der Waals surface area (Å²) in [6, 6.07) is 11.1. The molecule has 0 radical (unpaired) electrons. The van der Waals surface area contributed by atoms with Crippen LogP contribution in [0.4, 0.5) is 0 Å². The van der Waals surface area contributed by atoms with Crippen molar-refractivity contribution >= 4 is 29.3 Å². The average molecular weight is 361 g/mol. The molecule has 0 spiro atoms. The summed E-state index contributed by atoms with van der Waals surface area (Å²) in [7, 11) is 0. The van der Waals surface area contributed by atoms with Gasteiger partial charge in [-0.1, -0.05) is 41.6 Å². The topological polar surface area (TPSA) is 80.9 Å². The summed E-state index contributed by atoms with van der Waals surface area (Å²) in [6.07, 6.45) is 3.98. The first-order valence-corrected chi connectivity index (χ1v) is 8.44. The second-order valence-corrected chi connectivity index (χ2v) is 6.26. The number of para-hydroxylation sites is 1. The van der Waals surface area contributed by atoms with Gasteiger partial charge >= 0.3 is 5.97 Å². The minimum Gasteiger partial charge on any atom is -0.481 e. The molecule has 8 heteroatoms. The summed E-state index contributed by atoms with van der Waals surface area (Å²) in [6.45, 7) is 0. The molecule has 0 saturated heterocycles. The van der Waals surface area contributed by atoms with Gasteiger partial charge in [-0.2, -0.15) is 0 Å². The third-order valence-electron chi connectivity index (χ3n) is 3.20. The van der Waals surface area contributed by atoms with E-state index in [1.54, 1.807) is 23.0 Å². The van der Waals surface area contributed by atoms with E-state index in [2.05, 4.69) is 15.2 Å². The lowest BCUT2D eigenvalue weighted by molar-refractivity contribution is -0.133. The number of halogens is 1. The molecule has 3 rings (SSSR count). The maximum atomic E-state index is 10.9. The number of carbonyl (C=O) groups is 1. The third-order valence-corrected chi connectivity index (χ3v) is 4.44. The highest BCUT2D eigenvalue weighted by Gasteiger charge is 2.17. The number of carboxylic acid groups (broad SMARTS) is 1. The Morgan fingerprint density at radius 1 is 1.21 bits per heavy atom. The Labute approximate surface area is 147 Å². The Hall–Kier alpha value is -2.38. The molecule has 0 atom stereocenters. The summed E-state index contributed by atoms with van der Waals surface area (Å²) in [5, 5.41) is 18.3. The summed E-state index contributed by atoms with van der Waals surface area (Å²) < 4.78 is 1.79.